The monoisotopic (exact) mass is 604 g/mol. The summed E-state index contributed by atoms with van der Waals surface area (Å²) in [6, 6.07) is 0.239. The van der Waals surface area contributed by atoms with E-state index >= 15 is 0 Å². The fourth-order valence-electron chi connectivity index (χ4n) is 6.51. The van der Waals surface area contributed by atoms with Crippen molar-refractivity contribution in [3.05, 3.63) is 50.4 Å². The third-order valence-corrected chi connectivity index (χ3v) is 9.58. The van der Waals surface area contributed by atoms with Crippen molar-refractivity contribution in [1.82, 2.24) is 15.1 Å². The summed E-state index contributed by atoms with van der Waals surface area (Å²) in [7, 11) is 6.55. The number of Topliss-reactive ketones (excluding diaryl/α,β-unsaturated/α-hetero) is 3. The number of rotatable bonds is 8. The van der Waals surface area contributed by atoms with Crippen LogP contribution < -0.4 is 11.1 Å². The van der Waals surface area contributed by atoms with Gasteiger partial charge in [-0.2, -0.15) is 0 Å². The van der Waals surface area contributed by atoms with Crippen molar-refractivity contribution in [3.63, 3.8) is 0 Å². The Hall–Kier alpha value is -3.29. The molecule has 0 aromatic heterocycles. The number of likely N-dealkylation sites (N-methyl/N-ethyl adjacent to an activating group) is 3. The van der Waals surface area contributed by atoms with Gasteiger partial charge in [-0.25, -0.2) is 0 Å². The highest BCUT2D eigenvalue weighted by molar-refractivity contribution is 6.33. The number of hydrogen-bond donors (Lipinski definition) is 6. The molecule has 1 amide bonds. The van der Waals surface area contributed by atoms with Crippen LogP contribution >= 0.6 is 11.6 Å². The molecule has 0 heterocycles. The number of aliphatic hydroxyl groups excluding tert-OH is 2. The van der Waals surface area contributed by atoms with E-state index in [1.165, 1.54) is 11.0 Å². The number of allylic oxidation sites excluding steroid dienone is 1. The first kappa shape index (κ1) is 31.6. The van der Waals surface area contributed by atoms with Gasteiger partial charge in [0.1, 0.15) is 22.8 Å². The SMILES string of the molecule is CNCC(=O)C(C)(C)N(C)Cc1cc(O)c2c(c1Cl)C[C@H]1C[C@H]3[C@H](N(C)C)C(O)=C(C(N)=O)C(=O)[C@@]3(O)C(O)=C1C2=O. The molecule has 42 heavy (non-hydrogen) atoms. The van der Waals surface area contributed by atoms with Crippen LogP contribution in [-0.4, -0.2) is 105 Å². The molecule has 13 heteroatoms. The van der Waals surface area contributed by atoms with E-state index in [1.54, 1.807) is 46.9 Å². The Morgan fingerprint density at radius 3 is 2.36 bits per heavy atom. The second-order valence-corrected chi connectivity index (χ2v) is 12.4. The van der Waals surface area contributed by atoms with E-state index in [1.807, 2.05) is 0 Å². The van der Waals surface area contributed by atoms with Crippen molar-refractivity contribution in [3.8, 4) is 5.75 Å². The number of fused-ring (bicyclic) bond motifs is 3. The predicted octanol–water partition coefficient (Wildman–Crippen LogP) is 0.773. The number of carbonyl (C=O) groups is 4. The average molecular weight is 605 g/mol. The Labute approximate surface area is 248 Å². The molecule has 0 aliphatic heterocycles. The van der Waals surface area contributed by atoms with Crippen molar-refractivity contribution in [2.75, 3.05) is 34.7 Å². The lowest BCUT2D eigenvalue weighted by molar-refractivity contribution is -0.148. The Bertz CT molecular complexity index is 1470. The maximum atomic E-state index is 13.8. The van der Waals surface area contributed by atoms with Gasteiger partial charge in [-0.3, -0.25) is 29.0 Å². The van der Waals surface area contributed by atoms with Crippen molar-refractivity contribution < 1.29 is 39.6 Å². The minimum atomic E-state index is -2.71. The van der Waals surface area contributed by atoms with Gasteiger partial charge in [-0.15, -0.1) is 0 Å². The van der Waals surface area contributed by atoms with Gasteiger partial charge in [0.25, 0.3) is 5.91 Å². The number of primary amides is 1. The molecule has 0 saturated carbocycles. The Kier molecular flexibility index (Phi) is 8.11. The lowest BCUT2D eigenvalue weighted by atomic mass is 9.58. The maximum absolute atomic E-state index is 13.8. The minimum Gasteiger partial charge on any atom is -0.510 e. The van der Waals surface area contributed by atoms with Crippen molar-refractivity contribution >= 4 is 34.9 Å². The van der Waals surface area contributed by atoms with Crippen LogP contribution in [0.5, 0.6) is 5.75 Å². The smallest absolute Gasteiger partial charge is 0.255 e. The third kappa shape index (κ3) is 4.53. The first-order valence-corrected chi connectivity index (χ1v) is 13.9. The first-order chi connectivity index (χ1) is 19.4. The number of nitrogens with one attached hydrogen (secondary N) is 1. The summed E-state index contributed by atoms with van der Waals surface area (Å²) in [6.45, 7) is 3.87. The quantitative estimate of drug-likeness (QED) is 0.229. The predicted molar refractivity (Wildman–Crippen MR) is 153 cm³/mol. The van der Waals surface area contributed by atoms with Gasteiger partial charge in [0.2, 0.25) is 5.78 Å². The fourth-order valence-corrected chi connectivity index (χ4v) is 6.80. The molecule has 4 rings (SSSR count). The minimum absolute atomic E-state index is 0.0431. The standard InChI is InChI=1S/C29H37ClN4O8/c1-28(2,17(36)10-32-3)34(6)11-13-9-16(35)19-14(21(13)30)7-12-8-15-22(33(4)5)24(38)20(27(31)41)26(40)29(15,42)25(39)18(12)23(19)37/h9,12,15,22,32,35,38-39,42H,7-8,10-11H2,1-6H3,(H2,31,41)/t12-,15-,22-,29-/m0/s1. The lowest BCUT2D eigenvalue weighted by Gasteiger charge is -2.50. The molecule has 3 aliphatic carbocycles. The first-order valence-electron chi connectivity index (χ1n) is 13.5. The second-order valence-electron chi connectivity index (χ2n) is 12.1. The topological polar surface area (TPSA) is 194 Å². The highest BCUT2D eigenvalue weighted by Gasteiger charge is 2.63. The van der Waals surface area contributed by atoms with Crippen LogP contribution in [0.25, 0.3) is 0 Å². The van der Waals surface area contributed by atoms with Gasteiger partial charge in [-0.1, -0.05) is 11.6 Å². The molecule has 7 N–H and O–H groups in total. The molecule has 0 radical (unpaired) electrons. The van der Waals surface area contributed by atoms with E-state index < -0.39 is 69.3 Å². The molecule has 1 aromatic carbocycles. The average Bonchev–Trinajstić information content (AvgIpc) is 2.88. The van der Waals surface area contributed by atoms with Gasteiger partial charge in [0, 0.05) is 23.1 Å². The summed E-state index contributed by atoms with van der Waals surface area (Å²) in [5, 5.41) is 48.0. The summed E-state index contributed by atoms with van der Waals surface area (Å²) >= 11 is 6.83. The maximum Gasteiger partial charge on any atom is 0.255 e. The number of nitrogens with zero attached hydrogens (tertiary/aromatic N) is 2. The van der Waals surface area contributed by atoms with Crippen LogP contribution in [0.15, 0.2) is 28.7 Å². The number of ketones is 3. The third-order valence-electron chi connectivity index (χ3n) is 9.11. The van der Waals surface area contributed by atoms with Crippen molar-refractivity contribution in [1.29, 1.82) is 0 Å². The fraction of sp³-hybridized carbons (Fsp3) is 0.517. The Morgan fingerprint density at radius 1 is 1.19 bits per heavy atom. The molecule has 0 bridgehead atoms. The summed E-state index contributed by atoms with van der Waals surface area (Å²) in [6.07, 6.45) is 0.0269. The van der Waals surface area contributed by atoms with Crippen LogP contribution in [0.1, 0.15) is 41.8 Å². The van der Waals surface area contributed by atoms with E-state index in [9.17, 15) is 39.6 Å². The summed E-state index contributed by atoms with van der Waals surface area (Å²) < 4.78 is 0. The summed E-state index contributed by atoms with van der Waals surface area (Å²) in [4.78, 5) is 55.3. The number of carbonyl (C=O) groups excluding carboxylic acids is 4. The molecule has 12 nitrogen and oxygen atoms in total. The molecule has 0 spiro atoms. The lowest BCUT2D eigenvalue weighted by Crippen LogP contribution is -2.63. The summed E-state index contributed by atoms with van der Waals surface area (Å²) in [5.74, 6) is -7.32. The number of amides is 1. The second kappa shape index (κ2) is 10.8. The molecule has 0 fully saturated rings. The zero-order valence-electron chi connectivity index (χ0n) is 24.4. The van der Waals surface area contributed by atoms with E-state index in [-0.39, 0.29) is 47.9 Å². The molecular formula is C29H37ClN4O8. The zero-order chi connectivity index (χ0) is 31.6. The van der Waals surface area contributed by atoms with E-state index in [2.05, 4.69) is 5.32 Å². The van der Waals surface area contributed by atoms with Crippen LogP contribution in [0, 0.1) is 11.8 Å². The zero-order valence-corrected chi connectivity index (χ0v) is 25.2. The largest absolute Gasteiger partial charge is 0.510 e. The number of aromatic hydroxyl groups is 1. The molecule has 4 atom stereocenters. The number of phenolic OH excluding ortho intramolecular Hbond substituents is 1. The summed E-state index contributed by atoms with van der Waals surface area (Å²) in [5.41, 5.74) is 1.29. The molecule has 228 valence electrons. The van der Waals surface area contributed by atoms with Gasteiger partial charge in [0.05, 0.1) is 23.7 Å². The van der Waals surface area contributed by atoms with E-state index in [0.717, 1.165) is 0 Å². The van der Waals surface area contributed by atoms with E-state index in [0.29, 0.717) is 11.1 Å². The molecule has 1 aromatic rings. The number of phenols is 1. The highest BCUT2D eigenvalue weighted by atomic mass is 35.5. The molecular weight excluding hydrogens is 568 g/mol. The number of halogens is 1. The molecule has 0 unspecified atom stereocenters. The normalized spacial score (nSPS) is 26.0. The van der Waals surface area contributed by atoms with Gasteiger partial charge in [-0.05, 0) is 78.0 Å². The van der Waals surface area contributed by atoms with Gasteiger partial charge in [0.15, 0.2) is 17.2 Å². The molecule has 0 saturated heterocycles. The molecule has 3 aliphatic rings. The van der Waals surface area contributed by atoms with Crippen molar-refractivity contribution in [2.45, 2.75) is 50.4 Å². The van der Waals surface area contributed by atoms with Crippen LogP contribution in [0.2, 0.25) is 5.02 Å². The Morgan fingerprint density at radius 2 is 1.81 bits per heavy atom. The van der Waals surface area contributed by atoms with Gasteiger partial charge >= 0.3 is 0 Å². The van der Waals surface area contributed by atoms with Crippen LogP contribution in [0.4, 0.5) is 0 Å². The number of nitrogens with two attached hydrogens (primary N) is 1. The van der Waals surface area contributed by atoms with Crippen LogP contribution in [0.3, 0.4) is 0 Å². The Balaban J connectivity index is 1.82. The van der Waals surface area contributed by atoms with Crippen LogP contribution in [-0.2, 0) is 27.3 Å². The van der Waals surface area contributed by atoms with Gasteiger partial charge < -0.3 is 31.5 Å². The van der Waals surface area contributed by atoms with E-state index in [4.69, 9.17) is 17.3 Å². The number of benzene rings is 1. The highest BCUT2D eigenvalue weighted by Crippen LogP contribution is 2.53. The number of hydrogen-bond acceptors (Lipinski definition) is 11. The van der Waals surface area contributed by atoms with Crippen molar-refractivity contribution in [2.24, 2.45) is 17.6 Å². The number of aliphatic hydroxyl groups is 3.